The van der Waals surface area contributed by atoms with E-state index >= 15 is 0 Å². The highest BCUT2D eigenvalue weighted by atomic mass is 35.5. The van der Waals surface area contributed by atoms with Gasteiger partial charge in [-0.1, -0.05) is 34.7 Å². The Morgan fingerprint density at radius 1 is 1.24 bits per heavy atom. The number of halogens is 1. The van der Waals surface area contributed by atoms with Crippen LogP contribution in [0.25, 0.3) is 0 Å². The number of aromatic nitrogens is 5. The molecule has 2 aromatic heterocycles. The van der Waals surface area contributed by atoms with Crippen LogP contribution < -0.4 is 10.1 Å². The van der Waals surface area contributed by atoms with Crippen molar-refractivity contribution >= 4 is 45.7 Å². The monoisotopic (exact) mass is 452 g/mol. The maximum Gasteiger partial charge on any atom is 0.236 e. The number of ether oxygens (including phenoxy) is 1. The summed E-state index contributed by atoms with van der Waals surface area (Å²) in [6.07, 6.45) is -0.319. The molecular formula is C18H21ClN6O2S2. The summed E-state index contributed by atoms with van der Waals surface area (Å²) in [5, 5.41) is 21.5. The van der Waals surface area contributed by atoms with Crippen molar-refractivity contribution in [3.8, 4) is 5.75 Å². The molecule has 11 heteroatoms. The van der Waals surface area contributed by atoms with Crippen molar-refractivity contribution in [2.75, 3.05) is 11.1 Å². The van der Waals surface area contributed by atoms with Gasteiger partial charge in [0.25, 0.3) is 0 Å². The number of nitrogens with zero attached hydrogens (tertiary/aromatic N) is 5. The van der Waals surface area contributed by atoms with Gasteiger partial charge in [-0.15, -0.1) is 20.4 Å². The average Bonchev–Trinajstić information content (AvgIpc) is 3.23. The molecule has 1 aromatic carbocycles. The minimum Gasteiger partial charge on any atom is -0.483 e. The molecule has 29 heavy (non-hydrogen) atoms. The van der Waals surface area contributed by atoms with Gasteiger partial charge in [0.1, 0.15) is 10.8 Å². The van der Waals surface area contributed by atoms with E-state index in [4.69, 9.17) is 16.3 Å². The van der Waals surface area contributed by atoms with Gasteiger partial charge in [-0.05, 0) is 51.0 Å². The van der Waals surface area contributed by atoms with Crippen LogP contribution in [-0.4, -0.2) is 36.6 Å². The molecule has 154 valence electrons. The predicted molar refractivity (Wildman–Crippen MR) is 115 cm³/mol. The first-order valence-corrected chi connectivity index (χ1v) is 11.0. The maximum atomic E-state index is 12.1. The van der Waals surface area contributed by atoms with Crippen LogP contribution in [-0.2, 0) is 11.8 Å². The summed E-state index contributed by atoms with van der Waals surface area (Å²) < 4.78 is 7.86. The minimum atomic E-state index is -0.319. The van der Waals surface area contributed by atoms with E-state index in [2.05, 4.69) is 25.7 Å². The smallest absolute Gasteiger partial charge is 0.236 e. The van der Waals surface area contributed by atoms with Crippen molar-refractivity contribution < 1.29 is 9.53 Å². The Hall–Kier alpha value is -2.17. The van der Waals surface area contributed by atoms with Gasteiger partial charge in [0.05, 0.1) is 5.75 Å². The van der Waals surface area contributed by atoms with E-state index in [0.717, 1.165) is 26.9 Å². The molecule has 0 radical (unpaired) electrons. The topological polar surface area (TPSA) is 94.8 Å². The van der Waals surface area contributed by atoms with Gasteiger partial charge in [-0.2, -0.15) is 0 Å². The standard InChI is InChI=1S/C18H21ClN6O2S2/c1-9-6-13(7-10(2)15(9)19)27-11(3)16-22-24-18(25(16)5)28-8-14(26)20-17-23-21-12(4)29-17/h6-7,11H,8H2,1-5H3,(H,20,23,26). The van der Waals surface area contributed by atoms with Crippen molar-refractivity contribution in [2.24, 2.45) is 7.05 Å². The van der Waals surface area contributed by atoms with Crippen LogP contribution in [0, 0.1) is 20.8 Å². The van der Waals surface area contributed by atoms with Gasteiger partial charge in [0.2, 0.25) is 11.0 Å². The number of aryl methyl sites for hydroxylation is 3. The Bertz CT molecular complexity index is 1010. The van der Waals surface area contributed by atoms with Crippen LogP contribution in [0.4, 0.5) is 5.13 Å². The van der Waals surface area contributed by atoms with Gasteiger partial charge in [-0.3, -0.25) is 10.1 Å². The quantitative estimate of drug-likeness (QED) is 0.539. The molecule has 1 N–H and O–H groups in total. The van der Waals surface area contributed by atoms with E-state index in [1.165, 1.54) is 23.1 Å². The van der Waals surface area contributed by atoms with Gasteiger partial charge >= 0.3 is 0 Å². The predicted octanol–water partition coefficient (Wildman–Crippen LogP) is 4.12. The summed E-state index contributed by atoms with van der Waals surface area (Å²) in [5.41, 5.74) is 1.92. The molecule has 0 aliphatic carbocycles. The summed E-state index contributed by atoms with van der Waals surface area (Å²) in [7, 11) is 1.85. The van der Waals surface area contributed by atoms with Crippen LogP contribution in [0.1, 0.15) is 35.0 Å². The fraction of sp³-hybridized carbons (Fsp3) is 0.389. The van der Waals surface area contributed by atoms with Gasteiger partial charge < -0.3 is 9.30 Å². The van der Waals surface area contributed by atoms with Crippen LogP contribution in [0.15, 0.2) is 17.3 Å². The lowest BCUT2D eigenvalue weighted by atomic mass is 10.1. The Balaban J connectivity index is 1.61. The Labute approximate surface area is 182 Å². The molecule has 0 spiro atoms. The number of benzene rings is 1. The first kappa shape index (κ1) is 21.5. The van der Waals surface area contributed by atoms with E-state index < -0.39 is 0 Å². The summed E-state index contributed by atoms with van der Waals surface area (Å²) in [5.74, 6) is 1.40. The van der Waals surface area contributed by atoms with Gasteiger partial charge in [0.15, 0.2) is 17.1 Å². The van der Waals surface area contributed by atoms with E-state index in [-0.39, 0.29) is 17.8 Å². The number of hydrogen-bond acceptors (Lipinski definition) is 8. The fourth-order valence-corrected chi connectivity index (χ4v) is 4.10. The molecule has 3 rings (SSSR count). The van der Waals surface area contributed by atoms with E-state index in [9.17, 15) is 4.79 Å². The first-order valence-electron chi connectivity index (χ1n) is 8.80. The first-order chi connectivity index (χ1) is 13.7. The zero-order valence-corrected chi connectivity index (χ0v) is 19.1. The second-order valence-corrected chi connectivity index (χ2v) is 9.00. The molecular weight excluding hydrogens is 432 g/mol. The highest BCUT2D eigenvalue weighted by Crippen LogP contribution is 2.29. The second-order valence-electron chi connectivity index (χ2n) is 6.49. The number of nitrogens with one attached hydrogen (secondary N) is 1. The van der Waals surface area contributed by atoms with Crippen LogP contribution >= 0.6 is 34.7 Å². The SMILES string of the molecule is Cc1nnc(NC(=O)CSc2nnc(C(C)Oc3cc(C)c(Cl)c(C)c3)n2C)s1. The Morgan fingerprint density at radius 3 is 2.55 bits per heavy atom. The lowest BCUT2D eigenvalue weighted by Crippen LogP contribution is -2.14. The third kappa shape index (κ3) is 5.26. The van der Waals surface area contributed by atoms with Crippen LogP contribution in [0.2, 0.25) is 5.02 Å². The zero-order valence-electron chi connectivity index (χ0n) is 16.7. The largest absolute Gasteiger partial charge is 0.483 e. The van der Waals surface area contributed by atoms with E-state index in [1.54, 1.807) is 0 Å². The highest BCUT2D eigenvalue weighted by molar-refractivity contribution is 7.99. The molecule has 0 fully saturated rings. The fourth-order valence-electron chi connectivity index (χ4n) is 2.67. The molecule has 1 unspecified atom stereocenters. The second kappa shape index (κ2) is 9.10. The number of carbonyl (C=O) groups excluding carboxylic acids is 1. The summed E-state index contributed by atoms with van der Waals surface area (Å²) >= 11 is 8.84. The Kier molecular flexibility index (Phi) is 6.76. The maximum absolute atomic E-state index is 12.1. The molecule has 8 nitrogen and oxygen atoms in total. The third-order valence-electron chi connectivity index (χ3n) is 4.06. The number of anilines is 1. The summed E-state index contributed by atoms with van der Waals surface area (Å²) in [6, 6.07) is 3.80. The normalized spacial score (nSPS) is 12.1. The molecule has 2 heterocycles. The lowest BCUT2D eigenvalue weighted by molar-refractivity contribution is -0.113. The van der Waals surface area contributed by atoms with Crippen molar-refractivity contribution in [1.29, 1.82) is 0 Å². The van der Waals surface area contributed by atoms with E-state index in [0.29, 0.717) is 16.1 Å². The molecule has 0 saturated carbocycles. The number of carbonyl (C=O) groups is 1. The number of rotatable bonds is 7. The van der Waals surface area contributed by atoms with Crippen molar-refractivity contribution in [2.45, 2.75) is 39.0 Å². The molecule has 3 aromatic rings. The average molecular weight is 453 g/mol. The zero-order chi connectivity index (χ0) is 21.1. The molecule has 0 aliphatic heterocycles. The molecule has 0 saturated heterocycles. The minimum absolute atomic E-state index is 0.174. The van der Waals surface area contributed by atoms with E-state index in [1.807, 2.05) is 51.4 Å². The number of thioether (sulfide) groups is 1. The highest BCUT2D eigenvalue weighted by Gasteiger charge is 2.19. The third-order valence-corrected chi connectivity index (χ3v) is 6.43. The molecule has 0 bridgehead atoms. The molecule has 0 aliphatic rings. The number of amides is 1. The summed E-state index contributed by atoms with van der Waals surface area (Å²) in [6.45, 7) is 7.62. The van der Waals surface area contributed by atoms with Crippen LogP contribution in [0.5, 0.6) is 5.75 Å². The van der Waals surface area contributed by atoms with Crippen molar-refractivity contribution in [1.82, 2.24) is 25.0 Å². The van der Waals surface area contributed by atoms with Crippen LogP contribution in [0.3, 0.4) is 0 Å². The lowest BCUT2D eigenvalue weighted by Gasteiger charge is -2.16. The van der Waals surface area contributed by atoms with Gasteiger partial charge in [0, 0.05) is 12.1 Å². The summed E-state index contributed by atoms with van der Waals surface area (Å²) in [4.78, 5) is 12.1. The van der Waals surface area contributed by atoms with Crippen molar-refractivity contribution in [3.05, 3.63) is 39.1 Å². The van der Waals surface area contributed by atoms with Crippen molar-refractivity contribution in [3.63, 3.8) is 0 Å². The van der Waals surface area contributed by atoms with Gasteiger partial charge in [-0.25, -0.2) is 0 Å². The molecule has 1 amide bonds. The molecule has 1 atom stereocenters. The Morgan fingerprint density at radius 2 is 1.93 bits per heavy atom. The number of hydrogen-bond donors (Lipinski definition) is 1.